The summed E-state index contributed by atoms with van der Waals surface area (Å²) in [6.45, 7) is 6.80. The minimum atomic E-state index is -0.919. The molecule has 0 saturated heterocycles. The van der Waals surface area contributed by atoms with Gasteiger partial charge in [0.15, 0.2) is 0 Å². The number of carbonyl (C=O) groups is 4. The molecule has 0 aliphatic heterocycles. The molecule has 18 heteroatoms. The lowest BCUT2D eigenvalue weighted by Gasteiger charge is -2.19. The van der Waals surface area contributed by atoms with Gasteiger partial charge < -0.3 is 44.8 Å². The second-order valence-electron chi connectivity index (χ2n) is 13.5. The summed E-state index contributed by atoms with van der Waals surface area (Å²) in [6.07, 6.45) is 11.1. The van der Waals surface area contributed by atoms with Crippen molar-refractivity contribution in [2.75, 3.05) is 43.3 Å². The van der Waals surface area contributed by atoms with Crippen LogP contribution in [0.25, 0.3) is 22.1 Å². The van der Waals surface area contributed by atoms with E-state index in [1.54, 1.807) is 70.0 Å². The summed E-state index contributed by atoms with van der Waals surface area (Å²) in [5.41, 5.74) is 8.50. The van der Waals surface area contributed by atoms with Gasteiger partial charge in [-0.25, -0.2) is 14.8 Å². The number of carboxylic acids is 1. The molecule has 6 N–H and O–H groups in total. The Morgan fingerprint density at radius 1 is 0.875 bits per heavy atom. The first kappa shape index (κ1) is 40.3. The zero-order valence-corrected chi connectivity index (χ0v) is 31.9. The van der Waals surface area contributed by atoms with Crippen molar-refractivity contribution < 1.29 is 38.5 Å². The molecule has 0 spiro atoms. The number of fused-ring (bicyclic) bond motifs is 2. The van der Waals surface area contributed by atoms with Crippen LogP contribution in [0.15, 0.2) is 61.0 Å². The number of nitrogens with two attached hydrogens (primary N) is 1. The Hall–Kier alpha value is -6.85. The van der Waals surface area contributed by atoms with Crippen LogP contribution in [0.2, 0.25) is 0 Å². The summed E-state index contributed by atoms with van der Waals surface area (Å²) in [5.74, 6) is 0.350. The lowest BCUT2D eigenvalue weighted by atomic mass is 10.1. The number of nitrogens with one attached hydrogen (secondary N) is 3. The third kappa shape index (κ3) is 10.2. The Kier molecular flexibility index (Phi) is 13.0. The van der Waals surface area contributed by atoms with E-state index in [1.165, 1.54) is 6.20 Å². The Balaban J connectivity index is 1.33. The number of ether oxygens (including phenoxy) is 3. The van der Waals surface area contributed by atoms with E-state index >= 15 is 0 Å². The number of carboxylic acid groups (broad SMARTS) is 1. The van der Waals surface area contributed by atoms with Crippen molar-refractivity contribution in [3.63, 3.8) is 0 Å². The second kappa shape index (κ2) is 18.0. The molecule has 0 fully saturated rings. The highest BCUT2D eigenvalue weighted by molar-refractivity contribution is 5.99. The largest absolute Gasteiger partial charge is 0.491 e. The number of benzene rings is 2. The number of nitrogens with zero attached hydrogens (tertiary/aromatic N) is 6. The van der Waals surface area contributed by atoms with E-state index in [4.69, 9.17) is 25.1 Å². The first-order valence-electron chi connectivity index (χ1n) is 17.8. The van der Waals surface area contributed by atoms with Crippen LogP contribution >= 0.6 is 0 Å². The number of carbonyl (C=O) groups excluding carboxylic acids is 3. The van der Waals surface area contributed by atoms with Crippen LogP contribution in [0, 0.1) is 0 Å². The lowest BCUT2D eigenvalue weighted by Crippen LogP contribution is -2.27. The molecule has 0 aliphatic rings. The Morgan fingerprint density at radius 3 is 2.09 bits per heavy atom. The molecule has 5 aromatic rings. The maximum Gasteiger partial charge on any atom is 0.412 e. The predicted octanol–water partition coefficient (Wildman–Crippen LogP) is 5.06. The summed E-state index contributed by atoms with van der Waals surface area (Å²) in [5, 5.41) is 22.1. The van der Waals surface area contributed by atoms with E-state index in [-0.39, 0.29) is 25.2 Å². The van der Waals surface area contributed by atoms with E-state index in [0.717, 1.165) is 0 Å². The predicted molar refractivity (Wildman–Crippen MR) is 211 cm³/mol. The van der Waals surface area contributed by atoms with Crippen LogP contribution in [0.3, 0.4) is 0 Å². The first-order chi connectivity index (χ1) is 26.8. The van der Waals surface area contributed by atoms with E-state index in [0.29, 0.717) is 89.1 Å². The van der Waals surface area contributed by atoms with Crippen molar-refractivity contribution in [2.45, 2.75) is 58.8 Å². The van der Waals surface area contributed by atoms with Crippen LogP contribution in [-0.4, -0.2) is 91.2 Å². The Bertz CT molecular complexity index is 2280. The summed E-state index contributed by atoms with van der Waals surface area (Å²) in [4.78, 5) is 56.3. The summed E-state index contributed by atoms with van der Waals surface area (Å²) < 4.78 is 22.9. The number of aldehydes is 1. The average molecular weight is 771 g/mol. The molecule has 0 atom stereocenters. The number of aliphatic carboxylic acids is 1. The van der Waals surface area contributed by atoms with Crippen LogP contribution in [0.1, 0.15) is 54.3 Å². The van der Waals surface area contributed by atoms with Crippen molar-refractivity contribution in [3.8, 4) is 11.5 Å². The third-order valence-electron chi connectivity index (χ3n) is 8.11. The summed E-state index contributed by atoms with van der Waals surface area (Å²) >= 11 is 0. The van der Waals surface area contributed by atoms with E-state index in [2.05, 4.69) is 31.0 Å². The number of amides is 2. The molecule has 3 aromatic heterocycles. The minimum absolute atomic E-state index is 0.0457. The van der Waals surface area contributed by atoms with Gasteiger partial charge in [-0.2, -0.15) is 5.10 Å². The SMILES string of the molecule is CNc1nc2cc(C(N)=O)cc(OC/C=C/Cn3cc(NC(=O)OC(C)(C)C)cn3)c2n1C/C=C/Cn1c(NC)nc2cc(C=O)cc(OCCCC(=O)O)c21. The highest BCUT2D eigenvalue weighted by Crippen LogP contribution is 2.32. The normalized spacial score (nSPS) is 11.7. The van der Waals surface area contributed by atoms with Gasteiger partial charge in [-0.3, -0.25) is 24.4 Å². The standard InChI is InChI=1S/C38H46N10O8/c1-38(2,3)56-37(53)43-26-21-42-46(22-26)12-8-9-15-54-30-20-25(34(39)52)19-28-33(30)48(36(41-5)45-28)14-7-6-13-47-32-27(44-35(47)40-4)17-24(23-49)18-29(32)55-16-10-11-31(50)51/h6-9,17-23H,10-16H2,1-5H3,(H2,39,52)(H,40,44)(H,41,45)(H,43,53)(H,50,51)/b7-6+,9-8+. The number of primary amides is 1. The van der Waals surface area contributed by atoms with E-state index in [9.17, 15) is 19.2 Å². The fourth-order valence-electron chi connectivity index (χ4n) is 5.75. The van der Waals surface area contributed by atoms with Gasteiger partial charge in [-0.05, 0) is 57.5 Å². The molecule has 18 nitrogen and oxygen atoms in total. The number of hydrogen-bond acceptors (Lipinski definition) is 12. The van der Waals surface area contributed by atoms with Gasteiger partial charge in [0.1, 0.15) is 41.0 Å². The molecule has 0 saturated carbocycles. The average Bonchev–Trinajstić information content (AvgIpc) is 3.85. The number of imidazole rings is 2. The molecule has 5 rings (SSSR count). The zero-order chi connectivity index (χ0) is 40.4. The number of anilines is 3. The zero-order valence-electron chi connectivity index (χ0n) is 31.9. The molecule has 296 valence electrons. The maximum atomic E-state index is 12.2. The molecule has 2 amide bonds. The Morgan fingerprint density at radius 2 is 1.50 bits per heavy atom. The highest BCUT2D eigenvalue weighted by Gasteiger charge is 2.19. The Labute approximate surface area is 322 Å². The number of hydrogen-bond donors (Lipinski definition) is 5. The topological polar surface area (TPSA) is 232 Å². The summed E-state index contributed by atoms with van der Waals surface area (Å²) in [7, 11) is 3.48. The summed E-state index contributed by atoms with van der Waals surface area (Å²) in [6, 6.07) is 6.49. The smallest absolute Gasteiger partial charge is 0.412 e. The molecule has 2 aromatic carbocycles. The fraction of sp³-hybridized carbons (Fsp3) is 0.342. The van der Waals surface area contributed by atoms with Gasteiger partial charge in [0.2, 0.25) is 17.8 Å². The fourth-order valence-corrected chi connectivity index (χ4v) is 5.75. The van der Waals surface area contributed by atoms with Crippen molar-refractivity contribution in [2.24, 2.45) is 5.73 Å². The number of rotatable bonds is 19. The van der Waals surface area contributed by atoms with Crippen molar-refractivity contribution in [1.82, 2.24) is 28.9 Å². The quantitative estimate of drug-likeness (QED) is 0.0420. The minimum Gasteiger partial charge on any atom is -0.491 e. The van der Waals surface area contributed by atoms with Crippen LogP contribution in [0.5, 0.6) is 11.5 Å². The highest BCUT2D eigenvalue weighted by atomic mass is 16.6. The third-order valence-corrected chi connectivity index (χ3v) is 8.11. The number of allylic oxidation sites excluding steroid dienone is 3. The van der Waals surface area contributed by atoms with Gasteiger partial charge in [-0.15, -0.1) is 0 Å². The van der Waals surface area contributed by atoms with Crippen LogP contribution < -0.4 is 31.2 Å². The lowest BCUT2D eigenvalue weighted by molar-refractivity contribution is -0.137. The van der Waals surface area contributed by atoms with E-state index < -0.39 is 23.6 Å². The first-order valence-corrected chi connectivity index (χ1v) is 17.8. The molecular weight excluding hydrogens is 724 g/mol. The van der Waals surface area contributed by atoms with Gasteiger partial charge in [0.25, 0.3) is 0 Å². The maximum absolute atomic E-state index is 12.2. The molecule has 0 bridgehead atoms. The van der Waals surface area contributed by atoms with Crippen molar-refractivity contribution >= 4 is 63.9 Å². The molecule has 3 heterocycles. The van der Waals surface area contributed by atoms with Crippen LogP contribution in [-0.2, 0) is 29.2 Å². The van der Waals surface area contributed by atoms with Crippen LogP contribution in [0.4, 0.5) is 22.4 Å². The molecule has 0 unspecified atom stereocenters. The van der Waals surface area contributed by atoms with Gasteiger partial charge >= 0.3 is 12.1 Å². The van der Waals surface area contributed by atoms with Gasteiger partial charge in [0, 0.05) is 50.9 Å². The van der Waals surface area contributed by atoms with Crippen molar-refractivity contribution in [1.29, 1.82) is 0 Å². The van der Waals surface area contributed by atoms with Gasteiger partial charge in [0.05, 0.1) is 36.1 Å². The molecule has 0 aliphatic carbocycles. The van der Waals surface area contributed by atoms with Gasteiger partial charge in [-0.1, -0.05) is 18.2 Å². The van der Waals surface area contributed by atoms with E-state index in [1.807, 2.05) is 33.4 Å². The molecular formula is C38H46N10O8. The second-order valence-corrected chi connectivity index (χ2v) is 13.5. The number of aromatic nitrogens is 6. The molecule has 0 radical (unpaired) electrons. The van der Waals surface area contributed by atoms with Crippen molar-refractivity contribution in [3.05, 3.63) is 72.1 Å². The monoisotopic (exact) mass is 770 g/mol. The molecule has 56 heavy (non-hydrogen) atoms.